The summed E-state index contributed by atoms with van der Waals surface area (Å²) in [5.74, 6) is 0. The van der Waals surface area contributed by atoms with E-state index in [2.05, 4.69) is 15.6 Å². The first-order valence-electron chi connectivity index (χ1n) is 7.16. The third-order valence-corrected chi connectivity index (χ3v) is 2.99. The van der Waals surface area contributed by atoms with E-state index in [4.69, 9.17) is 4.74 Å². The molecular formula is C16H21N3O2. The highest BCUT2D eigenvalue weighted by Crippen LogP contribution is 2.21. The number of anilines is 1. The Balaban J connectivity index is 1.84. The minimum absolute atomic E-state index is 0.205. The van der Waals surface area contributed by atoms with Gasteiger partial charge in [-0.05, 0) is 32.4 Å². The fourth-order valence-electron chi connectivity index (χ4n) is 1.99. The Labute approximate surface area is 124 Å². The average molecular weight is 287 g/mol. The van der Waals surface area contributed by atoms with Gasteiger partial charge in [0.15, 0.2) is 0 Å². The Bertz CT molecular complexity index is 594. The van der Waals surface area contributed by atoms with Gasteiger partial charge in [0, 0.05) is 36.3 Å². The zero-order chi connectivity index (χ0) is 15.1. The van der Waals surface area contributed by atoms with E-state index in [1.165, 1.54) is 0 Å². The number of hydrogen-bond donors (Lipinski definition) is 2. The van der Waals surface area contributed by atoms with E-state index in [9.17, 15) is 4.79 Å². The van der Waals surface area contributed by atoms with Gasteiger partial charge in [-0.1, -0.05) is 12.1 Å². The predicted octanol–water partition coefficient (Wildman–Crippen LogP) is 3.17. The summed E-state index contributed by atoms with van der Waals surface area (Å²) >= 11 is 0. The number of nitrogens with zero attached hydrogens (tertiary/aromatic N) is 1. The Morgan fingerprint density at radius 3 is 3.00 bits per heavy atom. The molecule has 5 heteroatoms. The van der Waals surface area contributed by atoms with Crippen LogP contribution in [-0.2, 0) is 4.74 Å². The number of aromatic nitrogens is 1. The molecule has 0 saturated carbocycles. The highest BCUT2D eigenvalue weighted by molar-refractivity contribution is 6.01. The van der Waals surface area contributed by atoms with Gasteiger partial charge in [0.05, 0.1) is 11.8 Å². The first-order valence-corrected chi connectivity index (χ1v) is 7.16. The standard InChI is InChI=1S/C16H21N3O2/c1-12(2)21-10-4-8-18-16(20)19-15-6-3-5-13-11-17-9-7-14(13)15/h3,5-7,9,11-12H,4,8,10H2,1-2H3,(H2,18,19,20). The largest absolute Gasteiger partial charge is 0.379 e. The Morgan fingerprint density at radius 2 is 2.19 bits per heavy atom. The van der Waals surface area contributed by atoms with Crippen LogP contribution in [0.15, 0.2) is 36.7 Å². The lowest BCUT2D eigenvalue weighted by molar-refractivity contribution is 0.0775. The molecule has 2 rings (SSSR count). The van der Waals surface area contributed by atoms with Crippen LogP contribution >= 0.6 is 0 Å². The number of rotatable bonds is 6. The Morgan fingerprint density at radius 1 is 1.33 bits per heavy atom. The summed E-state index contributed by atoms with van der Waals surface area (Å²) < 4.78 is 5.42. The second kappa shape index (κ2) is 7.59. The van der Waals surface area contributed by atoms with Crippen molar-refractivity contribution in [3.63, 3.8) is 0 Å². The van der Waals surface area contributed by atoms with Gasteiger partial charge in [0.1, 0.15) is 0 Å². The second-order valence-corrected chi connectivity index (χ2v) is 5.06. The summed E-state index contributed by atoms with van der Waals surface area (Å²) in [4.78, 5) is 15.9. The van der Waals surface area contributed by atoms with Crippen LogP contribution in [0.5, 0.6) is 0 Å². The summed E-state index contributed by atoms with van der Waals surface area (Å²) in [5, 5.41) is 7.67. The zero-order valence-corrected chi connectivity index (χ0v) is 12.4. The molecule has 0 atom stereocenters. The zero-order valence-electron chi connectivity index (χ0n) is 12.4. The minimum Gasteiger partial charge on any atom is -0.379 e. The normalized spacial score (nSPS) is 10.8. The number of ether oxygens (including phenoxy) is 1. The lowest BCUT2D eigenvalue weighted by atomic mass is 10.1. The highest BCUT2D eigenvalue weighted by Gasteiger charge is 2.04. The molecule has 0 fully saturated rings. The number of benzene rings is 1. The summed E-state index contributed by atoms with van der Waals surface area (Å²) in [6, 6.07) is 7.43. The molecule has 0 aliphatic rings. The molecule has 21 heavy (non-hydrogen) atoms. The molecule has 0 saturated heterocycles. The van der Waals surface area contributed by atoms with Gasteiger partial charge in [-0.25, -0.2) is 4.79 Å². The third-order valence-electron chi connectivity index (χ3n) is 2.99. The van der Waals surface area contributed by atoms with Crippen molar-refractivity contribution in [3.8, 4) is 0 Å². The average Bonchev–Trinajstić information content (AvgIpc) is 2.47. The summed E-state index contributed by atoms with van der Waals surface area (Å²) in [7, 11) is 0. The second-order valence-electron chi connectivity index (χ2n) is 5.06. The number of pyridine rings is 1. The van der Waals surface area contributed by atoms with Crippen LogP contribution in [0.2, 0.25) is 0 Å². The first-order chi connectivity index (χ1) is 10.2. The van der Waals surface area contributed by atoms with Crippen LogP contribution in [0.25, 0.3) is 10.8 Å². The van der Waals surface area contributed by atoms with Gasteiger partial charge in [-0.15, -0.1) is 0 Å². The van der Waals surface area contributed by atoms with Gasteiger partial charge in [0.2, 0.25) is 0 Å². The third kappa shape index (κ3) is 4.72. The van der Waals surface area contributed by atoms with Gasteiger partial charge in [-0.2, -0.15) is 0 Å². The van der Waals surface area contributed by atoms with Crippen molar-refractivity contribution < 1.29 is 9.53 Å². The van der Waals surface area contributed by atoms with Crippen LogP contribution in [0, 0.1) is 0 Å². The molecule has 0 aliphatic heterocycles. The van der Waals surface area contributed by atoms with Gasteiger partial charge >= 0.3 is 6.03 Å². The van der Waals surface area contributed by atoms with Crippen LogP contribution < -0.4 is 10.6 Å². The van der Waals surface area contributed by atoms with E-state index < -0.39 is 0 Å². The predicted molar refractivity (Wildman–Crippen MR) is 84.5 cm³/mol. The molecule has 2 N–H and O–H groups in total. The van der Waals surface area contributed by atoms with Gasteiger partial charge in [0.25, 0.3) is 0 Å². The first kappa shape index (κ1) is 15.3. The molecule has 0 aliphatic carbocycles. The molecule has 2 amide bonds. The number of nitrogens with one attached hydrogen (secondary N) is 2. The molecule has 112 valence electrons. The fraction of sp³-hybridized carbons (Fsp3) is 0.375. The number of amides is 2. The number of hydrogen-bond acceptors (Lipinski definition) is 3. The molecule has 1 aromatic heterocycles. The SMILES string of the molecule is CC(C)OCCCNC(=O)Nc1cccc2cnccc12. The van der Waals surface area contributed by atoms with E-state index in [0.29, 0.717) is 13.2 Å². The van der Waals surface area contributed by atoms with Crippen molar-refractivity contribution in [1.82, 2.24) is 10.3 Å². The summed E-state index contributed by atoms with van der Waals surface area (Å²) in [6.07, 6.45) is 4.52. The molecule has 0 radical (unpaired) electrons. The fourth-order valence-corrected chi connectivity index (χ4v) is 1.99. The number of carbonyl (C=O) groups excluding carboxylic acids is 1. The monoisotopic (exact) mass is 287 g/mol. The van der Waals surface area contributed by atoms with Crippen molar-refractivity contribution >= 4 is 22.5 Å². The highest BCUT2D eigenvalue weighted by atomic mass is 16.5. The Hall–Kier alpha value is -2.14. The van der Waals surface area contributed by atoms with Crippen LogP contribution in [0.3, 0.4) is 0 Å². The topological polar surface area (TPSA) is 63.2 Å². The van der Waals surface area contributed by atoms with E-state index in [1.54, 1.807) is 12.4 Å². The maximum Gasteiger partial charge on any atom is 0.319 e. The van der Waals surface area contributed by atoms with Crippen molar-refractivity contribution in [1.29, 1.82) is 0 Å². The van der Waals surface area contributed by atoms with E-state index in [1.807, 2.05) is 38.1 Å². The minimum atomic E-state index is -0.205. The summed E-state index contributed by atoms with van der Waals surface area (Å²) in [6.45, 7) is 5.23. The van der Waals surface area contributed by atoms with E-state index >= 15 is 0 Å². The van der Waals surface area contributed by atoms with Crippen molar-refractivity contribution in [2.75, 3.05) is 18.5 Å². The van der Waals surface area contributed by atoms with Crippen molar-refractivity contribution in [2.45, 2.75) is 26.4 Å². The van der Waals surface area contributed by atoms with E-state index in [0.717, 1.165) is 22.9 Å². The van der Waals surface area contributed by atoms with Crippen LogP contribution in [0.1, 0.15) is 20.3 Å². The van der Waals surface area contributed by atoms with Crippen LogP contribution in [-0.4, -0.2) is 30.3 Å². The molecule has 1 aromatic carbocycles. The van der Waals surface area contributed by atoms with Gasteiger partial charge < -0.3 is 15.4 Å². The van der Waals surface area contributed by atoms with Gasteiger partial charge in [-0.3, -0.25) is 4.98 Å². The lowest BCUT2D eigenvalue weighted by Crippen LogP contribution is -2.30. The molecule has 0 spiro atoms. The smallest absolute Gasteiger partial charge is 0.319 e. The molecule has 2 aromatic rings. The number of carbonyl (C=O) groups is 1. The van der Waals surface area contributed by atoms with Crippen molar-refractivity contribution in [2.24, 2.45) is 0 Å². The molecule has 0 bridgehead atoms. The number of urea groups is 1. The van der Waals surface area contributed by atoms with Crippen LogP contribution in [0.4, 0.5) is 10.5 Å². The maximum atomic E-state index is 11.9. The van der Waals surface area contributed by atoms with E-state index in [-0.39, 0.29) is 12.1 Å². The summed E-state index contributed by atoms with van der Waals surface area (Å²) in [5.41, 5.74) is 0.783. The Kier molecular flexibility index (Phi) is 5.51. The molecular weight excluding hydrogens is 266 g/mol. The molecule has 5 nitrogen and oxygen atoms in total. The number of fused-ring (bicyclic) bond motifs is 1. The quantitative estimate of drug-likeness (QED) is 0.802. The van der Waals surface area contributed by atoms with Crippen molar-refractivity contribution in [3.05, 3.63) is 36.7 Å². The maximum absolute atomic E-state index is 11.9. The molecule has 1 heterocycles. The lowest BCUT2D eigenvalue weighted by Gasteiger charge is -2.10. The molecule has 0 unspecified atom stereocenters.